The number of nitrogen functional groups attached to an aromatic ring is 1. The number of para-hydroxylation sites is 1. The van der Waals surface area contributed by atoms with E-state index in [4.69, 9.17) is 19.9 Å². The third kappa shape index (κ3) is 11.2. The van der Waals surface area contributed by atoms with E-state index in [1.165, 1.54) is 32.1 Å². The fourth-order valence-electron chi connectivity index (χ4n) is 5.90. The Morgan fingerprint density at radius 2 is 1.88 bits per heavy atom. The van der Waals surface area contributed by atoms with Crippen molar-refractivity contribution >= 4 is 11.6 Å². The summed E-state index contributed by atoms with van der Waals surface area (Å²) in [5.74, 6) is 1.88. The van der Waals surface area contributed by atoms with Crippen LogP contribution >= 0.6 is 0 Å². The van der Waals surface area contributed by atoms with Crippen molar-refractivity contribution in [3.05, 3.63) is 48.2 Å². The molecule has 1 aliphatic carbocycles. The van der Waals surface area contributed by atoms with Crippen LogP contribution in [0.5, 0.6) is 11.6 Å². The first-order chi connectivity index (χ1) is 20.2. The largest absolute Gasteiger partial charge is 0.439 e. The Bertz CT molecular complexity index is 1080. The Labute approximate surface area is 251 Å². The lowest BCUT2D eigenvalue weighted by Crippen LogP contribution is -2.47. The molecule has 1 amide bonds. The lowest BCUT2D eigenvalue weighted by Gasteiger charge is -2.34. The summed E-state index contributed by atoms with van der Waals surface area (Å²) in [4.78, 5) is 19.8. The maximum Gasteiger partial charge on any atom is 0.220 e. The molecule has 4 N–H and O–H groups in total. The summed E-state index contributed by atoms with van der Waals surface area (Å²) < 4.78 is 17.7. The Morgan fingerprint density at radius 3 is 2.60 bits per heavy atom. The highest BCUT2D eigenvalue weighted by Gasteiger charge is 2.26. The molecule has 4 rings (SSSR count). The van der Waals surface area contributed by atoms with Crippen molar-refractivity contribution in [2.24, 2.45) is 5.92 Å². The number of nitrogens with one attached hydrogen (secondary N) is 2. The quantitative estimate of drug-likeness (QED) is 0.289. The summed E-state index contributed by atoms with van der Waals surface area (Å²) in [5.41, 5.74) is 7.61. The number of hydrogen-bond donors (Lipinski definition) is 3. The molecular weight excluding hydrogens is 530 g/mol. The van der Waals surface area contributed by atoms with E-state index < -0.39 is 0 Å². The minimum absolute atomic E-state index is 0.0683. The number of anilines is 1. The van der Waals surface area contributed by atoms with Crippen LogP contribution in [0.3, 0.4) is 0 Å². The van der Waals surface area contributed by atoms with Gasteiger partial charge in [0.1, 0.15) is 5.75 Å². The monoisotopic (exact) mass is 581 g/mol. The first-order valence-corrected chi connectivity index (χ1v) is 15.7. The van der Waals surface area contributed by atoms with E-state index in [-0.39, 0.29) is 23.7 Å². The first kappa shape index (κ1) is 32.2. The van der Waals surface area contributed by atoms with Crippen LogP contribution in [0.1, 0.15) is 71.3 Å². The molecule has 2 aliphatic rings. The topological polar surface area (TPSA) is 111 Å². The number of nitrogens with two attached hydrogens (primary N) is 1. The highest BCUT2D eigenvalue weighted by atomic mass is 16.5. The number of carbonyl (C=O) groups is 1. The molecule has 1 saturated heterocycles. The molecule has 1 saturated carbocycles. The van der Waals surface area contributed by atoms with Gasteiger partial charge in [0.25, 0.3) is 0 Å². The van der Waals surface area contributed by atoms with E-state index in [9.17, 15) is 4.79 Å². The zero-order valence-electron chi connectivity index (χ0n) is 25.8. The van der Waals surface area contributed by atoms with Crippen molar-refractivity contribution in [3.8, 4) is 11.6 Å². The van der Waals surface area contributed by atoms with Gasteiger partial charge >= 0.3 is 0 Å². The molecule has 0 bridgehead atoms. The van der Waals surface area contributed by atoms with E-state index in [0.29, 0.717) is 37.0 Å². The standard InChI is InChI=1S/C33H51N5O4/c1-33(2,3)42-28(24-38-16-18-40-19-17-38)22-36-31(39)15-14-30(25-10-6-4-7-11-25)35-21-26-20-32(37-23-29(26)34)41-27-12-8-5-9-13-27/h5,8-9,12-13,20,23,25,28,30,35H,4,6-7,10-11,14-19,21-22,24,34H2,1-3H3,(H,36,39)/t28-,30-/m0/s1. The van der Waals surface area contributed by atoms with Gasteiger partial charge in [-0.05, 0) is 63.6 Å². The predicted molar refractivity (Wildman–Crippen MR) is 166 cm³/mol. The van der Waals surface area contributed by atoms with Gasteiger partial charge in [-0.3, -0.25) is 9.69 Å². The summed E-state index contributed by atoms with van der Waals surface area (Å²) in [6.07, 6.45) is 9.00. The van der Waals surface area contributed by atoms with Gasteiger partial charge < -0.3 is 30.6 Å². The van der Waals surface area contributed by atoms with Crippen LogP contribution in [0, 0.1) is 5.92 Å². The normalized spacial score (nSPS) is 18.4. The van der Waals surface area contributed by atoms with Gasteiger partial charge in [-0.2, -0.15) is 0 Å². The van der Waals surface area contributed by atoms with E-state index in [2.05, 4.69) is 41.3 Å². The number of pyridine rings is 1. The fraction of sp³-hybridized carbons (Fsp3) is 0.636. The molecule has 1 aliphatic heterocycles. The molecular formula is C33H51N5O4. The second kappa shape index (κ2) is 16.2. The van der Waals surface area contributed by atoms with Gasteiger partial charge in [0.2, 0.25) is 11.8 Å². The molecule has 0 spiro atoms. The number of ether oxygens (including phenoxy) is 3. The van der Waals surface area contributed by atoms with Crippen molar-refractivity contribution in [2.75, 3.05) is 45.1 Å². The zero-order chi connectivity index (χ0) is 29.8. The van der Waals surface area contributed by atoms with Crippen LogP contribution in [-0.2, 0) is 20.8 Å². The van der Waals surface area contributed by atoms with E-state index in [1.54, 1.807) is 6.20 Å². The van der Waals surface area contributed by atoms with Crippen LogP contribution in [0.15, 0.2) is 42.6 Å². The molecule has 2 heterocycles. The van der Waals surface area contributed by atoms with Gasteiger partial charge in [-0.15, -0.1) is 0 Å². The first-order valence-electron chi connectivity index (χ1n) is 15.7. The average molecular weight is 582 g/mol. The average Bonchev–Trinajstić information content (AvgIpc) is 2.98. The molecule has 2 fully saturated rings. The molecule has 2 aromatic rings. The van der Waals surface area contributed by atoms with E-state index >= 15 is 0 Å². The van der Waals surface area contributed by atoms with Gasteiger partial charge in [-0.1, -0.05) is 37.5 Å². The molecule has 9 heteroatoms. The summed E-state index contributed by atoms with van der Waals surface area (Å²) in [6, 6.07) is 11.8. The van der Waals surface area contributed by atoms with Crippen LogP contribution in [0.2, 0.25) is 0 Å². The van der Waals surface area contributed by atoms with Crippen molar-refractivity contribution in [3.63, 3.8) is 0 Å². The van der Waals surface area contributed by atoms with Crippen LogP contribution in [0.4, 0.5) is 5.69 Å². The van der Waals surface area contributed by atoms with Gasteiger partial charge in [0.15, 0.2) is 0 Å². The maximum absolute atomic E-state index is 13.1. The molecule has 9 nitrogen and oxygen atoms in total. The molecule has 232 valence electrons. The second-order valence-electron chi connectivity index (χ2n) is 12.6. The Morgan fingerprint density at radius 1 is 1.14 bits per heavy atom. The molecule has 1 aromatic heterocycles. The number of nitrogens with zero attached hydrogens (tertiary/aromatic N) is 2. The lowest BCUT2D eigenvalue weighted by atomic mass is 9.82. The summed E-state index contributed by atoms with van der Waals surface area (Å²) in [5, 5.41) is 6.93. The highest BCUT2D eigenvalue weighted by Crippen LogP contribution is 2.29. The summed E-state index contributed by atoms with van der Waals surface area (Å²) in [6.45, 7) is 11.4. The lowest BCUT2D eigenvalue weighted by molar-refractivity contribution is -0.124. The highest BCUT2D eigenvalue weighted by molar-refractivity contribution is 5.75. The summed E-state index contributed by atoms with van der Waals surface area (Å²) in [7, 11) is 0. The van der Waals surface area contributed by atoms with Crippen molar-refractivity contribution < 1.29 is 19.0 Å². The number of carbonyl (C=O) groups excluding carboxylic acids is 1. The molecule has 2 atom stereocenters. The van der Waals surface area contributed by atoms with E-state index in [1.807, 2.05) is 36.4 Å². The van der Waals surface area contributed by atoms with Crippen molar-refractivity contribution in [1.29, 1.82) is 0 Å². The number of aromatic nitrogens is 1. The number of rotatable bonds is 14. The van der Waals surface area contributed by atoms with Crippen LogP contribution < -0.4 is 21.1 Å². The molecule has 1 aromatic carbocycles. The number of amides is 1. The Kier molecular flexibility index (Phi) is 12.4. The predicted octanol–water partition coefficient (Wildman–Crippen LogP) is 4.91. The van der Waals surface area contributed by atoms with Gasteiger partial charge in [-0.25, -0.2) is 4.98 Å². The molecule has 42 heavy (non-hydrogen) atoms. The third-order valence-corrected chi connectivity index (χ3v) is 8.03. The number of benzene rings is 1. The number of hydrogen-bond acceptors (Lipinski definition) is 8. The van der Waals surface area contributed by atoms with Crippen molar-refractivity contribution in [1.82, 2.24) is 20.5 Å². The van der Waals surface area contributed by atoms with Crippen LogP contribution in [0.25, 0.3) is 0 Å². The van der Waals surface area contributed by atoms with Gasteiger partial charge in [0, 0.05) is 51.3 Å². The third-order valence-electron chi connectivity index (χ3n) is 8.03. The molecule has 0 radical (unpaired) electrons. The van der Waals surface area contributed by atoms with Gasteiger partial charge in [0.05, 0.1) is 36.8 Å². The molecule has 0 unspecified atom stereocenters. The minimum Gasteiger partial charge on any atom is -0.439 e. The SMILES string of the molecule is CC(C)(C)O[C@@H](CNC(=O)CC[C@H](NCc1cc(Oc2ccccc2)ncc1N)C1CCCCC1)CN1CCOCC1. The maximum atomic E-state index is 13.1. The minimum atomic E-state index is -0.279. The van der Waals surface area contributed by atoms with Crippen LogP contribution in [-0.4, -0.2) is 72.9 Å². The smallest absolute Gasteiger partial charge is 0.220 e. The van der Waals surface area contributed by atoms with Crippen molar-refractivity contribution in [2.45, 2.75) is 90.0 Å². The fourth-order valence-corrected chi connectivity index (χ4v) is 5.90. The second-order valence-corrected chi connectivity index (χ2v) is 12.6. The Balaban J connectivity index is 1.31. The number of morpholine rings is 1. The zero-order valence-corrected chi connectivity index (χ0v) is 25.8. The summed E-state index contributed by atoms with van der Waals surface area (Å²) >= 11 is 0. The van der Waals surface area contributed by atoms with E-state index in [0.717, 1.165) is 50.6 Å². The Hall–Kier alpha value is -2.72.